The molecule has 0 aromatic carbocycles. The fourth-order valence-electron chi connectivity index (χ4n) is 1.68. The topological polar surface area (TPSA) is 55.8 Å². The van der Waals surface area contributed by atoms with Crippen LogP contribution in [0.2, 0.25) is 6.04 Å². The van der Waals surface area contributed by atoms with E-state index in [9.17, 15) is 4.79 Å². The van der Waals surface area contributed by atoms with E-state index < -0.39 is 15.5 Å². The van der Waals surface area contributed by atoms with Crippen molar-refractivity contribution in [2.24, 2.45) is 11.8 Å². The second-order valence-electron chi connectivity index (χ2n) is 6.36. The summed E-state index contributed by atoms with van der Waals surface area (Å²) in [6.45, 7) is 11.7. The van der Waals surface area contributed by atoms with Gasteiger partial charge in [-0.05, 0) is 25.2 Å². The van der Waals surface area contributed by atoms with E-state index in [0.29, 0.717) is 17.4 Å². The zero-order valence-electron chi connectivity index (χ0n) is 14.2. The van der Waals surface area contributed by atoms with Gasteiger partial charge in [-0.2, -0.15) is 0 Å². The van der Waals surface area contributed by atoms with Gasteiger partial charge in [-0.3, -0.25) is 0 Å². The highest BCUT2D eigenvalue weighted by Crippen LogP contribution is 2.07. The zero-order valence-corrected chi connectivity index (χ0v) is 15.6. The number of aliphatic carboxylic acids is 1. The van der Waals surface area contributed by atoms with Gasteiger partial charge in [0.2, 0.25) is 0 Å². The molecule has 4 nitrogen and oxygen atoms in total. The number of ether oxygens (including phenoxy) is 2. The number of carboxylic acids is 1. The van der Waals surface area contributed by atoms with E-state index in [1.807, 2.05) is 0 Å². The van der Waals surface area contributed by atoms with Crippen LogP contribution in [-0.2, 0) is 14.3 Å². The van der Waals surface area contributed by atoms with E-state index >= 15 is 0 Å². The summed E-state index contributed by atoms with van der Waals surface area (Å²) < 4.78 is 11.7. The van der Waals surface area contributed by atoms with Crippen molar-refractivity contribution in [2.45, 2.75) is 59.4 Å². The Morgan fingerprint density at radius 3 is 2.10 bits per heavy atom. The molecule has 21 heavy (non-hydrogen) atoms. The standard InChI is InChI=1S/C16H32O4Si/c1-12(2)10-19-16(20-11-13(3)4)21-9-7-6-8-14(5)15(17)18/h8,12-13,16H,6-7,9-11,21H2,1-5H3,(H,17,18). The molecule has 0 spiro atoms. The third-order valence-electron chi connectivity index (χ3n) is 2.91. The lowest BCUT2D eigenvalue weighted by Crippen LogP contribution is -2.27. The van der Waals surface area contributed by atoms with Crippen LogP contribution in [0.1, 0.15) is 47.5 Å². The van der Waals surface area contributed by atoms with Gasteiger partial charge in [0, 0.05) is 5.57 Å². The number of carboxylic acid groups (broad SMARTS) is 1. The van der Waals surface area contributed by atoms with Gasteiger partial charge < -0.3 is 14.6 Å². The molecule has 0 unspecified atom stereocenters. The second-order valence-corrected chi connectivity index (χ2v) is 8.31. The molecule has 0 atom stereocenters. The van der Waals surface area contributed by atoms with E-state index in [1.54, 1.807) is 13.0 Å². The molecule has 0 radical (unpaired) electrons. The van der Waals surface area contributed by atoms with Crippen molar-refractivity contribution in [1.82, 2.24) is 0 Å². The van der Waals surface area contributed by atoms with Crippen molar-refractivity contribution in [3.8, 4) is 0 Å². The van der Waals surface area contributed by atoms with E-state index in [4.69, 9.17) is 14.6 Å². The minimum Gasteiger partial charge on any atom is -0.478 e. The molecule has 0 aromatic rings. The molecule has 0 aliphatic heterocycles. The fourth-order valence-corrected chi connectivity index (χ4v) is 3.19. The van der Waals surface area contributed by atoms with Crippen molar-refractivity contribution < 1.29 is 19.4 Å². The van der Waals surface area contributed by atoms with E-state index in [-0.39, 0.29) is 5.91 Å². The minimum absolute atomic E-state index is 0.000602. The van der Waals surface area contributed by atoms with Crippen molar-refractivity contribution in [1.29, 1.82) is 0 Å². The Labute approximate surface area is 131 Å². The van der Waals surface area contributed by atoms with Gasteiger partial charge in [-0.15, -0.1) is 0 Å². The first-order valence-corrected chi connectivity index (χ1v) is 9.77. The predicted octanol–water partition coefficient (Wildman–Crippen LogP) is 3.01. The Kier molecular flexibility index (Phi) is 11.6. The summed E-state index contributed by atoms with van der Waals surface area (Å²) in [5.74, 6) is 0.209. The van der Waals surface area contributed by atoms with Crippen LogP contribution in [0.5, 0.6) is 0 Å². The normalized spacial score (nSPS) is 13.2. The van der Waals surface area contributed by atoms with Gasteiger partial charge in [0.25, 0.3) is 0 Å². The average molecular weight is 317 g/mol. The van der Waals surface area contributed by atoms with Gasteiger partial charge >= 0.3 is 5.97 Å². The average Bonchev–Trinajstić information content (AvgIpc) is 2.39. The van der Waals surface area contributed by atoms with Gasteiger partial charge in [0.1, 0.15) is 5.91 Å². The number of rotatable bonds is 12. The molecule has 0 heterocycles. The summed E-state index contributed by atoms with van der Waals surface area (Å²) in [7, 11) is -0.446. The van der Waals surface area contributed by atoms with E-state index in [1.165, 1.54) is 0 Å². The Hall–Kier alpha value is -0.653. The maximum atomic E-state index is 10.7. The maximum Gasteiger partial charge on any atom is 0.330 e. The maximum absolute atomic E-state index is 10.7. The quantitative estimate of drug-likeness (QED) is 0.260. The zero-order chi connectivity index (χ0) is 16.3. The van der Waals surface area contributed by atoms with E-state index in [0.717, 1.165) is 32.1 Å². The van der Waals surface area contributed by atoms with Crippen molar-refractivity contribution in [2.75, 3.05) is 13.2 Å². The molecule has 0 saturated carbocycles. The molecule has 0 bridgehead atoms. The Balaban J connectivity index is 3.98. The highest BCUT2D eigenvalue weighted by Gasteiger charge is 2.11. The summed E-state index contributed by atoms with van der Waals surface area (Å²) in [6, 6.07) is 1.12. The molecule has 0 aliphatic carbocycles. The van der Waals surface area contributed by atoms with Crippen molar-refractivity contribution in [3.63, 3.8) is 0 Å². The van der Waals surface area contributed by atoms with Crippen LogP contribution in [0.4, 0.5) is 0 Å². The van der Waals surface area contributed by atoms with Gasteiger partial charge in [0.05, 0.1) is 22.7 Å². The van der Waals surface area contributed by atoms with Crippen LogP contribution < -0.4 is 0 Å². The first kappa shape index (κ1) is 20.3. The smallest absolute Gasteiger partial charge is 0.330 e. The van der Waals surface area contributed by atoms with Crippen LogP contribution in [-0.4, -0.2) is 39.7 Å². The molecular formula is C16H32O4Si. The fraction of sp³-hybridized carbons (Fsp3) is 0.812. The predicted molar refractivity (Wildman–Crippen MR) is 89.3 cm³/mol. The minimum atomic E-state index is -0.828. The highest BCUT2D eigenvalue weighted by atomic mass is 28.2. The van der Waals surface area contributed by atoms with Crippen LogP contribution in [0, 0.1) is 11.8 Å². The molecule has 0 saturated heterocycles. The lowest BCUT2D eigenvalue weighted by molar-refractivity contribution is -0.132. The van der Waals surface area contributed by atoms with Gasteiger partial charge in [-0.25, -0.2) is 4.79 Å². The monoisotopic (exact) mass is 316 g/mol. The van der Waals surface area contributed by atoms with E-state index in [2.05, 4.69) is 27.7 Å². The molecular weight excluding hydrogens is 284 g/mol. The molecule has 0 aliphatic rings. The summed E-state index contributed by atoms with van der Waals surface area (Å²) in [5.41, 5.74) is 0.431. The summed E-state index contributed by atoms with van der Waals surface area (Å²) in [5, 5.41) is 8.77. The molecule has 0 amide bonds. The molecule has 0 aromatic heterocycles. The molecule has 124 valence electrons. The largest absolute Gasteiger partial charge is 0.478 e. The first-order valence-electron chi connectivity index (χ1n) is 7.96. The van der Waals surface area contributed by atoms with Crippen molar-refractivity contribution in [3.05, 3.63) is 11.6 Å². The number of hydrogen-bond donors (Lipinski definition) is 1. The highest BCUT2D eigenvalue weighted by molar-refractivity contribution is 6.36. The summed E-state index contributed by atoms with van der Waals surface area (Å²) in [6.07, 6.45) is 3.64. The molecule has 0 fully saturated rings. The third kappa shape index (κ3) is 12.8. The summed E-state index contributed by atoms with van der Waals surface area (Å²) >= 11 is 0. The van der Waals surface area contributed by atoms with Gasteiger partial charge in [-0.1, -0.05) is 46.2 Å². The Morgan fingerprint density at radius 1 is 1.14 bits per heavy atom. The first-order chi connectivity index (χ1) is 9.82. The Morgan fingerprint density at radius 2 is 1.67 bits per heavy atom. The molecule has 1 N–H and O–H groups in total. The summed E-state index contributed by atoms with van der Waals surface area (Å²) in [4.78, 5) is 10.7. The van der Waals surface area contributed by atoms with Gasteiger partial charge in [0.15, 0.2) is 0 Å². The van der Waals surface area contributed by atoms with Crippen molar-refractivity contribution >= 4 is 15.5 Å². The van der Waals surface area contributed by atoms with Crippen LogP contribution in [0.3, 0.4) is 0 Å². The lowest BCUT2D eigenvalue weighted by atomic mass is 10.2. The number of hydrogen-bond acceptors (Lipinski definition) is 3. The third-order valence-corrected chi connectivity index (χ3v) is 4.76. The number of carbonyl (C=O) groups is 1. The number of allylic oxidation sites excluding steroid dienone is 1. The SMILES string of the molecule is CC(=CCCC[SiH2]C(OCC(C)C)OCC(C)C)C(=O)O. The lowest BCUT2D eigenvalue weighted by Gasteiger charge is -2.20. The second kappa shape index (κ2) is 11.9. The Bertz CT molecular complexity index is 301. The number of unbranched alkanes of at least 4 members (excludes halogenated alkanes) is 1. The van der Waals surface area contributed by atoms with Crippen LogP contribution in [0.25, 0.3) is 0 Å². The van der Waals surface area contributed by atoms with Crippen LogP contribution >= 0.6 is 0 Å². The molecule has 5 heteroatoms. The molecule has 0 rings (SSSR count). The van der Waals surface area contributed by atoms with Crippen LogP contribution in [0.15, 0.2) is 11.6 Å².